The number of hydrogen-bond donors (Lipinski definition) is 1. The standard InChI is InChI=1S/C16H18BrClN2/c1-2-19-10-14(13-4-3-5-16(18)8-13)6-12-7-15(17)11-20-9-12/h3-5,7-9,11,14,19H,2,6,10H2,1H3. The van der Waals surface area contributed by atoms with Crippen molar-refractivity contribution in [2.45, 2.75) is 19.3 Å². The topological polar surface area (TPSA) is 24.9 Å². The maximum atomic E-state index is 6.11. The third-order valence-electron chi connectivity index (χ3n) is 3.20. The molecule has 2 rings (SSSR count). The Balaban J connectivity index is 2.19. The number of likely N-dealkylation sites (N-methyl/N-ethyl adjacent to an activating group) is 1. The van der Waals surface area contributed by atoms with Gasteiger partial charge in [-0.2, -0.15) is 0 Å². The van der Waals surface area contributed by atoms with Gasteiger partial charge in [0, 0.05) is 34.4 Å². The summed E-state index contributed by atoms with van der Waals surface area (Å²) in [5.41, 5.74) is 2.49. The van der Waals surface area contributed by atoms with Crippen LogP contribution in [0.15, 0.2) is 47.2 Å². The SMILES string of the molecule is CCNCC(Cc1cncc(Br)c1)c1cccc(Cl)c1. The third-order valence-corrected chi connectivity index (χ3v) is 3.87. The van der Waals surface area contributed by atoms with Crippen molar-refractivity contribution < 1.29 is 0 Å². The van der Waals surface area contributed by atoms with Crippen LogP contribution in [-0.2, 0) is 6.42 Å². The van der Waals surface area contributed by atoms with E-state index in [0.717, 1.165) is 29.0 Å². The number of hydrogen-bond acceptors (Lipinski definition) is 2. The Bertz CT molecular complexity index is 560. The molecule has 1 heterocycles. The summed E-state index contributed by atoms with van der Waals surface area (Å²) in [6.45, 7) is 4.02. The van der Waals surface area contributed by atoms with Crippen LogP contribution in [0.1, 0.15) is 24.0 Å². The molecule has 0 aliphatic rings. The average Bonchev–Trinajstić information content (AvgIpc) is 2.43. The number of rotatable bonds is 6. The van der Waals surface area contributed by atoms with Crippen molar-refractivity contribution in [1.29, 1.82) is 0 Å². The summed E-state index contributed by atoms with van der Waals surface area (Å²) in [6, 6.07) is 10.2. The van der Waals surface area contributed by atoms with Gasteiger partial charge in [-0.15, -0.1) is 0 Å². The predicted octanol–water partition coefficient (Wildman–Crippen LogP) is 4.43. The average molecular weight is 354 g/mol. The lowest BCUT2D eigenvalue weighted by molar-refractivity contribution is 0.594. The molecule has 0 spiro atoms. The highest BCUT2D eigenvalue weighted by molar-refractivity contribution is 9.10. The molecule has 0 bridgehead atoms. The summed E-state index contributed by atoms with van der Waals surface area (Å²) >= 11 is 9.58. The fraction of sp³-hybridized carbons (Fsp3) is 0.312. The normalized spacial score (nSPS) is 12.3. The Kier molecular flexibility index (Phi) is 6.02. The molecule has 0 aliphatic heterocycles. The second-order valence-electron chi connectivity index (χ2n) is 4.78. The zero-order valence-corrected chi connectivity index (χ0v) is 13.8. The number of nitrogens with zero attached hydrogens (tertiary/aromatic N) is 1. The number of halogens is 2. The van der Waals surface area contributed by atoms with Gasteiger partial charge in [-0.3, -0.25) is 4.98 Å². The van der Waals surface area contributed by atoms with E-state index in [0.29, 0.717) is 5.92 Å². The summed E-state index contributed by atoms with van der Waals surface area (Å²) in [7, 11) is 0. The van der Waals surface area contributed by atoms with Gasteiger partial charge in [0.2, 0.25) is 0 Å². The van der Waals surface area contributed by atoms with Gasteiger partial charge in [-0.1, -0.05) is 30.7 Å². The predicted molar refractivity (Wildman–Crippen MR) is 88.4 cm³/mol. The first-order valence-electron chi connectivity index (χ1n) is 6.74. The first-order valence-corrected chi connectivity index (χ1v) is 7.91. The molecule has 1 unspecified atom stereocenters. The van der Waals surface area contributed by atoms with Crippen LogP contribution in [0.2, 0.25) is 5.02 Å². The van der Waals surface area contributed by atoms with Crippen molar-refractivity contribution >= 4 is 27.5 Å². The smallest absolute Gasteiger partial charge is 0.0410 e. The van der Waals surface area contributed by atoms with E-state index in [1.54, 1.807) is 0 Å². The summed E-state index contributed by atoms with van der Waals surface area (Å²) in [5.74, 6) is 0.393. The first kappa shape index (κ1) is 15.5. The lowest BCUT2D eigenvalue weighted by atomic mass is 9.92. The zero-order chi connectivity index (χ0) is 14.4. The van der Waals surface area contributed by atoms with Crippen LogP contribution in [0.25, 0.3) is 0 Å². The molecule has 4 heteroatoms. The Morgan fingerprint density at radius 2 is 2.15 bits per heavy atom. The summed E-state index contributed by atoms with van der Waals surface area (Å²) < 4.78 is 1.02. The lowest BCUT2D eigenvalue weighted by Crippen LogP contribution is -2.22. The fourth-order valence-electron chi connectivity index (χ4n) is 2.24. The second kappa shape index (κ2) is 7.77. The summed E-state index contributed by atoms with van der Waals surface area (Å²) in [6.07, 6.45) is 4.68. The summed E-state index contributed by atoms with van der Waals surface area (Å²) in [5, 5.41) is 4.21. The van der Waals surface area contributed by atoms with Crippen molar-refractivity contribution in [3.8, 4) is 0 Å². The third kappa shape index (κ3) is 4.58. The van der Waals surface area contributed by atoms with Crippen LogP contribution < -0.4 is 5.32 Å². The Labute approximate surface area is 133 Å². The van der Waals surface area contributed by atoms with E-state index in [2.05, 4.69) is 51.4 Å². The number of pyridine rings is 1. The van der Waals surface area contributed by atoms with Gasteiger partial charge in [-0.05, 0) is 58.2 Å². The fourth-order valence-corrected chi connectivity index (χ4v) is 2.85. The molecular formula is C16H18BrClN2. The highest BCUT2D eigenvalue weighted by atomic mass is 79.9. The highest BCUT2D eigenvalue weighted by Gasteiger charge is 2.13. The summed E-state index contributed by atoms with van der Waals surface area (Å²) in [4.78, 5) is 4.24. The molecule has 0 saturated carbocycles. The van der Waals surface area contributed by atoms with Crippen LogP contribution >= 0.6 is 27.5 Å². The monoisotopic (exact) mass is 352 g/mol. The molecule has 0 amide bonds. The van der Waals surface area contributed by atoms with Crippen molar-refractivity contribution in [2.75, 3.05) is 13.1 Å². The minimum atomic E-state index is 0.393. The molecule has 0 radical (unpaired) electrons. The van der Waals surface area contributed by atoms with Crippen LogP contribution in [0.4, 0.5) is 0 Å². The van der Waals surface area contributed by atoms with Crippen molar-refractivity contribution in [2.24, 2.45) is 0 Å². The molecule has 20 heavy (non-hydrogen) atoms. The van der Waals surface area contributed by atoms with Crippen LogP contribution in [0.3, 0.4) is 0 Å². The van der Waals surface area contributed by atoms with Gasteiger partial charge in [0.15, 0.2) is 0 Å². The van der Waals surface area contributed by atoms with Crippen LogP contribution in [0, 0.1) is 0 Å². The van der Waals surface area contributed by atoms with Crippen molar-refractivity contribution in [3.05, 3.63) is 63.3 Å². The van der Waals surface area contributed by atoms with E-state index in [-0.39, 0.29) is 0 Å². The van der Waals surface area contributed by atoms with Gasteiger partial charge in [-0.25, -0.2) is 0 Å². The minimum Gasteiger partial charge on any atom is -0.316 e. The Morgan fingerprint density at radius 1 is 1.30 bits per heavy atom. The van der Waals surface area contributed by atoms with Gasteiger partial charge < -0.3 is 5.32 Å². The Hall–Kier alpha value is -0.900. The van der Waals surface area contributed by atoms with Crippen molar-refractivity contribution in [1.82, 2.24) is 10.3 Å². The van der Waals surface area contributed by atoms with Crippen LogP contribution in [0.5, 0.6) is 0 Å². The Morgan fingerprint density at radius 3 is 2.85 bits per heavy atom. The number of benzene rings is 1. The molecule has 106 valence electrons. The highest BCUT2D eigenvalue weighted by Crippen LogP contribution is 2.24. The lowest BCUT2D eigenvalue weighted by Gasteiger charge is -2.18. The molecule has 0 aliphatic carbocycles. The molecule has 1 aromatic heterocycles. The van der Waals surface area contributed by atoms with E-state index in [9.17, 15) is 0 Å². The number of aromatic nitrogens is 1. The molecular weight excluding hydrogens is 336 g/mol. The van der Waals surface area contributed by atoms with Gasteiger partial charge in [0.05, 0.1) is 0 Å². The van der Waals surface area contributed by atoms with E-state index in [1.807, 2.05) is 24.5 Å². The van der Waals surface area contributed by atoms with Gasteiger partial charge >= 0.3 is 0 Å². The zero-order valence-electron chi connectivity index (χ0n) is 11.4. The van der Waals surface area contributed by atoms with E-state index in [1.165, 1.54) is 11.1 Å². The molecule has 1 atom stereocenters. The molecule has 1 aromatic carbocycles. The maximum Gasteiger partial charge on any atom is 0.0410 e. The molecule has 0 saturated heterocycles. The first-order chi connectivity index (χ1) is 9.69. The van der Waals surface area contributed by atoms with E-state index >= 15 is 0 Å². The van der Waals surface area contributed by atoms with Gasteiger partial charge in [0.25, 0.3) is 0 Å². The van der Waals surface area contributed by atoms with Gasteiger partial charge in [0.1, 0.15) is 0 Å². The second-order valence-corrected chi connectivity index (χ2v) is 6.13. The number of nitrogens with one attached hydrogen (secondary N) is 1. The van der Waals surface area contributed by atoms with E-state index < -0.39 is 0 Å². The largest absolute Gasteiger partial charge is 0.316 e. The van der Waals surface area contributed by atoms with Crippen LogP contribution in [-0.4, -0.2) is 18.1 Å². The maximum absolute atomic E-state index is 6.11. The quantitative estimate of drug-likeness (QED) is 0.831. The molecule has 0 fully saturated rings. The van der Waals surface area contributed by atoms with E-state index in [4.69, 9.17) is 11.6 Å². The molecule has 1 N–H and O–H groups in total. The molecule has 2 nitrogen and oxygen atoms in total. The minimum absolute atomic E-state index is 0.393. The molecule has 2 aromatic rings. The van der Waals surface area contributed by atoms with Crippen molar-refractivity contribution in [3.63, 3.8) is 0 Å².